The first kappa shape index (κ1) is 15.1. The molecule has 2 heterocycles. The van der Waals surface area contributed by atoms with Gasteiger partial charge in [-0.15, -0.1) is 0 Å². The summed E-state index contributed by atoms with van der Waals surface area (Å²) < 4.78 is 5.56. The number of amides is 2. The van der Waals surface area contributed by atoms with Crippen LogP contribution < -0.4 is 10.7 Å². The maximum atomic E-state index is 12.3. The van der Waals surface area contributed by atoms with Crippen molar-refractivity contribution < 1.29 is 14.0 Å². The molecular weight excluding hydrogens is 318 g/mol. The molecule has 6 heteroatoms. The maximum Gasteiger partial charge on any atom is 0.291 e. The van der Waals surface area contributed by atoms with Gasteiger partial charge in [0, 0.05) is 23.9 Å². The van der Waals surface area contributed by atoms with E-state index < -0.39 is 0 Å². The smallest absolute Gasteiger partial charge is 0.291 e. The van der Waals surface area contributed by atoms with Crippen LogP contribution in [0.1, 0.15) is 29.0 Å². The van der Waals surface area contributed by atoms with Crippen LogP contribution in [-0.4, -0.2) is 17.5 Å². The van der Waals surface area contributed by atoms with Crippen molar-refractivity contribution in [1.29, 1.82) is 0 Å². The molecular formula is C19H15N3O3. The minimum Gasteiger partial charge on any atom is -0.451 e. The highest BCUT2D eigenvalue weighted by Crippen LogP contribution is 2.20. The van der Waals surface area contributed by atoms with E-state index in [2.05, 4.69) is 15.8 Å². The monoisotopic (exact) mass is 333 g/mol. The van der Waals surface area contributed by atoms with Gasteiger partial charge in [-0.05, 0) is 29.8 Å². The average Bonchev–Trinajstić information content (AvgIpc) is 3.07. The van der Waals surface area contributed by atoms with Gasteiger partial charge in [0.2, 0.25) is 5.91 Å². The Morgan fingerprint density at radius 2 is 1.88 bits per heavy atom. The molecule has 1 aliphatic rings. The molecule has 0 bridgehead atoms. The SMILES string of the molecule is O=C1CCC(c2ccc(NC(=O)c3cc4ccccc4o3)cc2)=NN1. The number of nitrogens with zero attached hydrogens (tertiary/aromatic N) is 1. The number of para-hydroxylation sites is 1. The van der Waals surface area contributed by atoms with Crippen molar-refractivity contribution in [3.05, 3.63) is 65.9 Å². The predicted octanol–water partition coefficient (Wildman–Crippen LogP) is 3.30. The number of carbonyl (C=O) groups excluding carboxylic acids is 2. The first-order valence-electron chi connectivity index (χ1n) is 7.95. The van der Waals surface area contributed by atoms with Gasteiger partial charge in [0.15, 0.2) is 5.76 Å². The number of benzene rings is 2. The maximum absolute atomic E-state index is 12.3. The van der Waals surface area contributed by atoms with E-state index in [1.807, 2.05) is 36.4 Å². The van der Waals surface area contributed by atoms with E-state index in [-0.39, 0.29) is 17.6 Å². The molecule has 2 N–H and O–H groups in total. The summed E-state index contributed by atoms with van der Waals surface area (Å²) in [6.45, 7) is 0. The third-order valence-corrected chi connectivity index (χ3v) is 4.03. The molecule has 1 aliphatic heterocycles. The molecule has 6 nitrogen and oxygen atoms in total. The van der Waals surface area contributed by atoms with Crippen molar-refractivity contribution in [2.45, 2.75) is 12.8 Å². The van der Waals surface area contributed by atoms with Crippen LogP contribution >= 0.6 is 0 Å². The van der Waals surface area contributed by atoms with Crippen molar-refractivity contribution in [2.75, 3.05) is 5.32 Å². The van der Waals surface area contributed by atoms with Gasteiger partial charge >= 0.3 is 0 Å². The summed E-state index contributed by atoms with van der Waals surface area (Å²) in [6.07, 6.45) is 1.04. The summed E-state index contributed by atoms with van der Waals surface area (Å²) in [6, 6.07) is 16.5. The number of anilines is 1. The highest BCUT2D eigenvalue weighted by atomic mass is 16.3. The van der Waals surface area contributed by atoms with Crippen molar-refractivity contribution in [2.24, 2.45) is 5.10 Å². The fraction of sp³-hybridized carbons (Fsp3) is 0.105. The fourth-order valence-electron chi connectivity index (χ4n) is 2.71. The molecule has 0 unspecified atom stereocenters. The van der Waals surface area contributed by atoms with Crippen LogP contribution in [0.25, 0.3) is 11.0 Å². The van der Waals surface area contributed by atoms with Crippen LogP contribution in [0.15, 0.2) is 64.1 Å². The van der Waals surface area contributed by atoms with Gasteiger partial charge in [0.05, 0.1) is 5.71 Å². The molecule has 0 spiro atoms. The second kappa shape index (κ2) is 6.24. The third-order valence-electron chi connectivity index (χ3n) is 4.03. The summed E-state index contributed by atoms with van der Waals surface area (Å²) in [4.78, 5) is 23.5. The van der Waals surface area contributed by atoms with E-state index in [4.69, 9.17) is 4.42 Å². The van der Waals surface area contributed by atoms with E-state index in [0.29, 0.717) is 24.1 Å². The van der Waals surface area contributed by atoms with Gasteiger partial charge < -0.3 is 9.73 Å². The lowest BCUT2D eigenvalue weighted by Crippen LogP contribution is -2.25. The van der Waals surface area contributed by atoms with Gasteiger partial charge in [0.1, 0.15) is 5.58 Å². The number of furan rings is 1. The first-order chi connectivity index (χ1) is 12.2. The second-order valence-corrected chi connectivity index (χ2v) is 5.77. The number of hydrogen-bond donors (Lipinski definition) is 2. The highest BCUT2D eigenvalue weighted by Gasteiger charge is 2.14. The molecule has 0 aliphatic carbocycles. The zero-order chi connectivity index (χ0) is 17.2. The molecule has 124 valence electrons. The lowest BCUT2D eigenvalue weighted by atomic mass is 10.0. The topological polar surface area (TPSA) is 83.7 Å². The van der Waals surface area contributed by atoms with E-state index >= 15 is 0 Å². The Morgan fingerprint density at radius 3 is 2.60 bits per heavy atom. The summed E-state index contributed by atoms with van der Waals surface area (Å²) in [7, 11) is 0. The van der Waals surface area contributed by atoms with Gasteiger partial charge in [-0.25, -0.2) is 5.43 Å². The third kappa shape index (κ3) is 3.14. The Kier molecular flexibility index (Phi) is 3.78. The van der Waals surface area contributed by atoms with Gasteiger partial charge in [-0.1, -0.05) is 30.3 Å². The molecule has 1 aromatic heterocycles. The minimum atomic E-state index is -0.300. The van der Waals surface area contributed by atoms with Crippen LogP contribution in [0, 0.1) is 0 Å². The number of hydrogen-bond acceptors (Lipinski definition) is 4. The van der Waals surface area contributed by atoms with E-state index in [1.165, 1.54) is 0 Å². The Hall–Kier alpha value is -3.41. The van der Waals surface area contributed by atoms with Gasteiger partial charge in [-0.3, -0.25) is 9.59 Å². The Bertz CT molecular complexity index is 954. The molecule has 0 saturated heterocycles. The van der Waals surface area contributed by atoms with Crippen molar-refractivity contribution in [3.63, 3.8) is 0 Å². The average molecular weight is 333 g/mol. The molecule has 0 fully saturated rings. The Balaban J connectivity index is 1.49. The van der Waals surface area contributed by atoms with Crippen molar-refractivity contribution >= 4 is 34.2 Å². The fourth-order valence-corrected chi connectivity index (χ4v) is 2.71. The summed E-state index contributed by atoms with van der Waals surface area (Å²) in [5.74, 6) is -0.102. The number of nitrogens with one attached hydrogen (secondary N) is 2. The molecule has 4 rings (SSSR count). The van der Waals surface area contributed by atoms with Crippen molar-refractivity contribution in [1.82, 2.24) is 5.43 Å². The van der Waals surface area contributed by atoms with E-state index in [9.17, 15) is 9.59 Å². The zero-order valence-corrected chi connectivity index (χ0v) is 13.3. The molecule has 2 amide bonds. The normalized spacial score (nSPS) is 14.1. The van der Waals surface area contributed by atoms with Crippen LogP contribution in [0.4, 0.5) is 5.69 Å². The summed E-state index contributed by atoms with van der Waals surface area (Å²) in [5, 5.41) is 7.76. The molecule has 0 atom stereocenters. The molecule has 2 aromatic carbocycles. The molecule has 0 saturated carbocycles. The van der Waals surface area contributed by atoms with E-state index in [1.54, 1.807) is 18.2 Å². The number of rotatable bonds is 3. The summed E-state index contributed by atoms with van der Waals surface area (Å²) >= 11 is 0. The first-order valence-corrected chi connectivity index (χ1v) is 7.95. The van der Waals surface area contributed by atoms with Crippen LogP contribution in [0.3, 0.4) is 0 Å². The van der Waals surface area contributed by atoms with Crippen LogP contribution in [0.2, 0.25) is 0 Å². The van der Waals surface area contributed by atoms with Crippen LogP contribution in [0.5, 0.6) is 0 Å². The van der Waals surface area contributed by atoms with Gasteiger partial charge in [0.25, 0.3) is 5.91 Å². The lowest BCUT2D eigenvalue weighted by molar-refractivity contribution is -0.121. The summed E-state index contributed by atoms with van der Waals surface area (Å²) in [5.41, 5.74) is 5.57. The van der Waals surface area contributed by atoms with Crippen LogP contribution in [-0.2, 0) is 4.79 Å². The molecule has 3 aromatic rings. The molecule has 25 heavy (non-hydrogen) atoms. The Labute approximate surface area is 143 Å². The number of fused-ring (bicyclic) bond motifs is 1. The second-order valence-electron chi connectivity index (χ2n) is 5.77. The zero-order valence-electron chi connectivity index (χ0n) is 13.3. The Morgan fingerprint density at radius 1 is 1.08 bits per heavy atom. The predicted molar refractivity (Wildman–Crippen MR) is 94.5 cm³/mol. The number of carbonyl (C=O) groups is 2. The standard InChI is InChI=1S/C19H15N3O3/c23-18-10-9-15(21-22-18)12-5-7-14(8-6-12)20-19(24)17-11-13-3-1-2-4-16(13)25-17/h1-8,11H,9-10H2,(H,20,24)(H,22,23). The molecule has 0 radical (unpaired) electrons. The quantitative estimate of drug-likeness (QED) is 0.771. The van der Waals surface area contributed by atoms with Crippen molar-refractivity contribution in [3.8, 4) is 0 Å². The highest BCUT2D eigenvalue weighted by molar-refractivity contribution is 6.06. The van der Waals surface area contributed by atoms with Gasteiger partial charge in [-0.2, -0.15) is 5.10 Å². The minimum absolute atomic E-state index is 0.0709. The van der Waals surface area contributed by atoms with E-state index in [0.717, 1.165) is 16.7 Å². The lowest BCUT2D eigenvalue weighted by Gasteiger charge is -2.12. The largest absolute Gasteiger partial charge is 0.451 e. The number of hydrazone groups is 1.